The second-order valence-electron chi connectivity index (χ2n) is 4.67. The van der Waals surface area contributed by atoms with E-state index in [1.807, 2.05) is 20.0 Å². The molecule has 0 radical (unpaired) electrons. The van der Waals surface area contributed by atoms with E-state index in [9.17, 15) is 4.79 Å². The van der Waals surface area contributed by atoms with Crippen molar-refractivity contribution >= 4 is 28.7 Å². The van der Waals surface area contributed by atoms with Crippen LogP contribution in [0.1, 0.15) is 32.4 Å². The normalized spacial score (nSPS) is 10.6. The molecule has 0 saturated heterocycles. The minimum absolute atomic E-state index is 0.151. The fourth-order valence-electron chi connectivity index (χ4n) is 1.91. The highest BCUT2D eigenvalue weighted by molar-refractivity contribution is 7.11. The number of nitrogens with zero attached hydrogens (tertiary/aromatic N) is 2. The predicted octanol–water partition coefficient (Wildman–Crippen LogP) is 2.82. The molecule has 114 valence electrons. The third-order valence-electron chi connectivity index (χ3n) is 2.99. The average molecular weight is 324 g/mol. The van der Waals surface area contributed by atoms with Crippen molar-refractivity contribution in [3.63, 3.8) is 0 Å². The molecule has 0 unspecified atom stereocenters. The van der Waals surface area contributed by atoms with Gasteiger partial charge in [-0.3, -0.25) is 0 Å². The third kappa shape index (κ3) is 4.78. The van der Waals surface area contributed by atoms with E-state index < -0.39 is 0 Å². The second kappa shape index (κ2) is 7.51. The fourth-order valence-corrected chi connectivity index (χ4v) is 3.65. The lowest BCUT2D eigenvalue weighted by atomic mass is 10.3. The molecule has 0 aromatic carbocycles. The minimum Gasteiger partial charge on any atom is -0.338 e. The van der Waals surface area contributed by atoms with Crippen LogP contribution >= 0.6 is 22.7 Å². The summed E-state index contributed by atoms with van der Waals surface area (Å²) in [7, 11) is 0. The molecule has 7 heteroatoms. The Balaban J connectivity index is 1.69. The fraction of sp³-hybridized carbons (Fsp3) is 0.500. The summed E-state index contributed by atoms with van der Waals surface area (Å²) in [5, 5.41) is 7.70. The minimum atomic E-state index is -0.151. The molecule has 0 atom stereocenters. The number of nitrogens with one attached hydrogen (secondary N) is 2. The van der Waals surface area contributed by atoms with Gasteiger partial charge in [-0.2, -0.15) is 0 Å². The van der Waals surface area contributed by atoms with Gasteiger partial charge in [0.25, 0.3) is 0 Å². The standard InChI is InChI=1S/C14H20N4OS2/c1-4-11-7-16-13(21-11)8-17-14(19)15-6-5-12-9(2)18-10(3)20-12/h7H,4-6,8H2,1-3H3,(H2,15,17,19). The maximum absolute atomic E-state index is 11.7. The Morgan fingerprint density at radius 3 is 2.71 bits per heavy atom. The van der Waals surface area contributed by atoms with E-state index in [-0.39, 0.29) is 6.03 Å². The van der Waals surface area contributed by atoms with Crippen molar-refractivity contribution in [1.82, 2.24) is 20.6 Å². The zero-order chi connectivity index (χ0) is 15.2. The summed E-state index contributed by atoms with van der Waals surface area (Å²) in [6.07, 6.45) is 3.67. The highest BCUT2D eigenvalue weighted by Crippen LogP contribution is 2.17. The topological polar surface area (TPSA) is 66.9 Å². The Bertz CT molecular complexity index is 606. The summed E-state index contributed by atoms with van der Waals surface area (Å²) < 4.78 is 0. The molecule has 0 saturated carbocycles. The van der Waals surface area contributed by atoms with Crippen molar-refractivity contribution in [1.29, 1.82) is 0 Å². The van der Waals surface area contributed by atoms with Gasteiger partial charge in [-0.15, -0.1) is 22.7 Å². The molecule has 21 heavy (non-hydrogen) atoms. The molecule has 2 rings (SSSR count). The molecule has 0 fully saturated rings. The van der Waals surface area contributed by atoms with E-state index in [4.69, 9.17) is 0 Å². The number of carbonyl (C=O) groups is 1. The highest BCUT2D eigenvalue weighted by Gasteiger charge is 2.06. The van der Waals surface area contributed by atoms with Crippen LogP contribution in [0.25, 0.3) is 0 Å². The first-order valence-electron chi connectivity index (χ1n) is 6.96. The summed E-state index contributed by atoms with van der Waals surface area (Å²) in [6.45, 7) is 7.20. The molecular weight excluding hydrogens is 304 g/mol. The number of urea groups is 1. The van der Waals surface area contributed by atoms with E-state index in [1.54, 1.807) is 22.7 Å². The second-order valence-corrected chi connectivity index (χ2v) is 7.16. The van der Waals surface area contributed by atoms with Crippen molar-refractivity contribution in [2.45, 2.75) is 40.2 Å². The van der Waals surface area contributed by atoms with Crippen LogP contribution in [0.15, 0.2) is 6.20 Å². The number of hydrogen-bond donors (Lipinski definition) is 2. The lowest BCUT2D eigenvalue weighted by Crippen LogP contribution is -2.36. The summed E-state index contributed by atoms with van der Waals surface area (Å²) in [4.78, 5) is 22.8. The molecule has 2 N–H and O–H groups in total. The zero-order valence-electron chi connectivity index (χ0n) is 12.5. The number of aromatic nitrogens is 2. The molecule has 0 bridgehead atoms. The van der Waals surface area contributed by atoms with Gasteiger partial charge in [0.1, 0.15) is 5.01 Å². The highest BCUT2D eigenvalue weighted by atomic mass is 32.1. The molecule has 5 nitrogen and oxygen atoms in total. The van der Waals surface area contributed by atoms with Crippen LogP contribution in [0, 0.1) is 13.8 Å². The first-order valence-corrected chi connectivity index (χ1v) is 8.60. The molecule has 0 spiro atoms. The Kier molecular flexibility index (Phi) is 5.69. The maximum atomic E-state index is 11.7. The Labute approximate surface area is 132 Å². The largest absolute Gasteiger partial charge is 0.338 e. The lowest BCUT2D eigenvalue weighted by molar-refractivity contribution is 0.240. The first-order chi connectivity index (χ1) is 10.1. The predicted molar refractivity (Wildman–Crippen MR) is 87.0 cm³/mol. The van der Waals surface area contributed by atoms with Gasteiger partial charge in [0, 0.05) is 28.9 Å². The van der Waals surface area contributed by atoms with E-state index in [0.717, 1.165) is 28.6 Å². The van der Waals surface area contributed by atoms with Crippen LogP contribution in [0.2, 0.25) is 0 Å². The van der Waals surface area contributed by atoms with Crippen molar-refractivity contribution in [2.24, 2.45) is 0 Å². The number of rotatable bonds is 6. The van der Waals surface area contributed by atoms with Crippen LogP contribution < -0.4 is 10.6 Å². The van der Waals surface area contributed by atoms with Gasteiger partial charge in [-0.1, -0.05) is 6.92 Å². The summed E-state index contributed by atoms with van der Waals surface area (Å²) in [5.41, 5.74) is 1.06. The number of carbonyl (C=O) groups excluding carboxylic acids is 1. The van der Waals surface area contributed by atoms with E-state index in [0.29, 0.717) is 13.1 Å². The van der Waals surface area contributed by atoms with E-state index in [1.165, 1.54) is 9.75 Å². The van der Waals surface area contributed by atoms with Crippen LogP contribution in [-0.4, -0.2) is 22.5 Å². The van der Waals surface area contributed by atoms with Gasteiger partial charge >= 0.3 is 6.03 Å². The Hall–Kier alpha value is -1.47. The maximum Gasteiger partial charge on any atom is 0.315 e. The SMILES string of the molecule is CCc1cnc(CNC(=O)NCCc2sc(C)nc2C)s1. The van der Waals surface area contributed by atoms with Gasteiger partial charge in [0.15, 0.2) is 0 Å². The van der Waals surface area contributed by atoms with Crippen molar-refractivity contribution in [2.75, 3.05) is 6.54 Å². The van der Waals surface area contributed by atoms with Crippen LogP contribution in [-0.2, 0) is 19.4 Å². The van der Waals surface area contributed by atoms with E-state index in [2.05, 4.69) is 27.5 Å². The molecular formula is C14H20N4OS2. The summed E-state index contributed by atoms with van der Waals surface area (Å²) >= 11 is 3.33. The van der Waals surface area contributed by atoms with Crippen LogP contribution in [0.5, 0.6) is 0 Å². The molecule has 0 aliphatic rings. The van der Waals surface area contributed by atoms with E-state index >= 15 is 0 Å². The smallest absolute Gasteiger partial charge is 0.315 e. The number of amides is 2. The van der Waals surface area contributed by atoms with Crippen molar-refractivity contribution < 1.29 is 4.79 Å². The monoisotopic (exact) mass is 324 g/mol. The summed E-state index contributed by atoms with van der Waals surface area (Å²) in [6, 6.07) is -0.151. The average Bonchev–Trinajstić information content (AvgIpc) is 3.03. The molecule has 0 aliphatic carbocycles. The Morgan fingerprint density at radius 1 is 1.29 bits per heavy atom. The molecule has 2 amide bonds. The third-order valence-corrected chi connectivity index (χ3v) is 5.26. The zero-order valence-corrected chi connectivity index (χ0v) is 14.2. The molecule has 2 aromatic heterocycles. The van der Waals surface area contributed by atoms with Crippen molar-refractivity contribution in [3.8, 4) is 0 Å². The van der Waals surface area contributed by atoms with Gasteiger partial charge < -0.3 is 10.6 Å². The van der Waals surface area contributed by atoms with Crippen molar-refractivity contribution in [3.05, 3.63) is 31.7 Å². The molecule has 0 aliphatic heterocycles. The number of hydrogen-bond acceptors (Lipinski definition) is 5. The summed E-state index contributed by atoms with van der Waals surface area (Å²) in [5.74, 6) is 0. The number of aryl methyl sites for hydroxylation is 3. The van der Waals surface area contributed by atoms with Gasteiger partial charge in [0.2, 0.25) is 0 Å². The van der Waals surface area contributed by atoms with Gasteiger partial charge in [-0.25, -0.2) is 14.8 Å². The van der Waals surface area contributed by atoms with Gasteiger partial charge in [-0.05, 0) is 20.3 Å². The van der Waals surface area contributed by atoms with Gasteiger partial charge in [0.05, 0.1) is 17.2 Å². The molecule has 2 aromatic rings. The lowest BCUT2D eigenvalue weighted by Gasteiger charge is -2.05. The quantitative estimate of drug-likeness (QED) is 0.858. The van der Waals surface area contributed by atoms with Crippen LogP contribution in [0.4, 0.5) is 4.79 Å². The number of thiazole rings is 2. The Morgan fingerprint density at radius 2 is 2.10 bits per heavy atom. The first kappa shape index (κ1) is 15.9. The molecule has 2 heterocycles. The van der Waals surface area contributed by atoms with Crippen LogP contribution in [0.3, 0.4) is 0 Å².